The van der Waals surface area contributed by atoms with E-state index >= 15 is 0 Å². The normalized spacial score (nSPS) is 49.2. The highest BCUT2D eigenvalue weighted by atomic mass is 14.5. The van der Waals surface area contributed by atoms with Gasteiger partial charge in [0.25, 0.3) is 0 Å². The maximum atomic E-state index is 1.63. The predicted molar refractivity (Wildman–Crippen MR) is 102 cm³/mol. The van der Waals surface area contributed by atoms with E-state index in [2.05, 4.69) is 0 Å². The Bertz CT molecular complexity index is 415. The molecule has 5 fully saturated rings. The van der Waals surface area contributed by atoms with Crippen LogP contribution in [0.15, 0.2) is 0 Å². The number of fused-ring (bicyclic) bond motifs is 1. The van der Waals surface area contributed by atoms with Crippen molar-refractivity contribution in [2.24, 2.45) is 40.9 Å². The van der Waals surface area contributed by atoms with E-state index in [4.69, 9.17) is 0 Å². The maximum Gasteiger partial charge on any atom is -0.0297 e. The highest BCUT2D eigenvalue weighted by Gasteiger charge is 2.45. The van der Waals surface area contributed by atoms with Gasteiger partial charge in [-0.15, -0.1) is 0 Å². The summed E-state index contributed by atoms with van der Waals surface area (Å²) in [7, 11) is 0. The Kier molecular flexibility index (Phi) is 4.47. The van der Waals surface area contributed by atoms with Gasteiger partial charge in [0.05, 0.1) is 0 Å². The van der Waals surface area contributed by atoms with Gasteiger partial charge in [0.1, 0.15) is 0 Å². The second-order valence-corrected chi connectivity index (χ2v) is 10.9. The molecule has 5 rings (SSSR count). The molecular formula is C24H40. The Balaban J connectivity index is 1.08. The first-order chi connectivity index (χ1) is 11.8. The minimum absolute atomic E-state index is 0.823. The molecule has 0 aromatic carbocycles. The summed E-state index contributed by atoms with van der Waals surface area (Å²) in [4.78, 5) is 0. The van der Waals surface area contributed by atoms with Gasteiger partial charge in [-0.25, -0.2) is 0 Å². The van der Waals surface area contributed by atoms with Gasteiger partial charge >= 0.3 is 0 Å². The number of hydrogen-bond acceptors (Lipinski definition) is 0. The molecule has 1 spiro atoms. The van der Waals surface area contributed by atoms with Crippen LogP contribution in [0, 0.1) is 40.9 Å². The zero-order chi connectivity index (χ0) is 16.0. The van der Waals surface area contributed by atoms with Crippen molar-refractivity contribution in [1.29, 1.82) is 0 Å². The van der Waals surface area contributed by atoms with E-state index in [1.807, 2.05) is 0 Å². The van der Waals surface area contributed by atoms with Crippen molar-refractivity contribution in [1.82, 2.24) is 0 Å². The Hall–Kier alpha value is 0. The summed E-state index contributed by atoms with van der Waals surface area (Å²) < 4.78 is 0. The maximum absolute atomic E-state index is 1.63. The summed E-state index contributed by atoms with van der Waals surface area (Å²) in [5.41, 5.74) is 0.823. The molecule has 5 saturated carbocycles. The van der Waals surface area contributed by atoms with Crippen LogP contribution in [0.1, 0.15) is 109 Å². The lowest BCUT2D eigenvalue weighted by atomic mass is 9.54. The number of rotatable bonds is 3. The van der Waals surface area contributed by atoms with Crippen LogP contribution in [-0.2, 0) is 0 Å². The zero-order valence-electron chi connectivity index (χ0n) is 16.0. The smallest absolute Gasteiger partial charge is 0.0297 e. The standard InChI is InChI=1S/C24H40/c1-2-7-23-21(4-1)17-22(23)16-18-8-12-24(13-9-18)14-10-20(11-15-24)19-5-3-6-19/h18-23H,1-17H2/t18?,20?,21?,22?,23-,24?/m1/s1. The molecule has 0 nitrogen and oxygen atoms in total. The Morgan fingerprint density at radius 2 is 1.21 bits per heavy atom. The van der Waals surface area contributed by atoms with Crippen LogP contribution < -0.4 is 0 Å². The average molecular weight is 329 g/mol. The topological polar surface area (TPSA) is 0 Å². The van der Waals surface area contributed by atoms with Crippen LogP contribution in [0.5, 0.6) is 0 Å². The number of hydrogen-bond donors (Lipinski definition) is 0. The first-order valence-electron chi connectivity index (χ1n) is 11.8. The van der Waals surface area contributed by atoms with Crippen molar-refractivity contribution in [3.05, 3.63) is 0 Å². The molecule has 0 radical (unpaired) electrons. The SMILES string of the molecule is C1CC(C2CCC3(CCC(CC4CC5CCCC[C@H]54)CC3)CC2)C1. The summed E-state index contributed by atoms with van der Waals surface area (Å²) >= 11 is 0. The van der Waals surface area contributed by atoms with Crippen molar-refractivity contribution < 1.29 is 0 Å². The fraction of sp³-hybridized carbons (Fsp3) is 1.00. The van der Waals surface area contributed by atoms with E-state index in [1.165, 1.54) is 18.3 Å². The molecule has 0 heteroatoms. The molecule has 0 N–H and O–H groups in total. The summed E-state index contributed by atoms with van der Waals surface area (Å²) in [5.74, 6) is 6.91. The van der Waals surface area contributed by atoms with Crippen LogP contribution >= 0.6 is 0 Å². The van der Waals surface area contributed by atoms with Crippen LogP contribution in [-0.4, -0.2) is 0 Å². The lowest BCUT2D eigenvalue weighted by molar-refractivity contribution is -0.00482. The van der Waals surface area contributed by atoms with Crippen molar-refractivity contribution in [2.45, 2.75) is 109 Å². The van der Waals surface area contributed by atoms with Crippen molar-refractivity contribution in [2.75, 3.05) is 0 Å². The molecule has 0 heterocycles. The highest BCUT2D eigenvalue weighted by Crippen LogP contribution is 2.56. The van der Waals surface area contributed by atoms with Gasteiger partial charge < -0.3 is 0 Å². The Labute approximate surface area is 150 Å². The molecule has 0 amide bonds. The third-order valence-corrected chi connectivity index (χ3v) is 9.89. The second kappa shape index (κ2) is 6.62. The predicted octanol–water partition coefficient (Wildman–Crippen LogP) is 7.37. The van der Waals surface area contributed by atoms with E-state index in [-0.39, 0.29) is 0 Å². The van der Waals surface area contributed by atoms with Crippen molar-refractivity contribution >= 4 is 0 Å². The van der Waals surface area contributed by atoms with Crippen molar-refractivity contribution in [3.63, 3.8) is 0 Å². The summed E-state index contributed by atoms with van der Waals surface area (Å²) in [6.45, 7) is 0. The molecule has 0 saturated heterocycles. The summed E-state index contributed by atoms with van der Waals surface area (Å²) in [5, 5.41) is 0. The van der Waals surface area contributed by atoms with E-state index in [9.17, 15) is 0 Å². The Morgan fingerprint density at radius 3 is 1.88 bits per heavy atom. The molecule has 136 valence electrons. The van der Waals surface area contributed by atoms with Gasteiger partial charge in [-0.05, 0) is 112 Å². The summed E-state index contributed by atoms with van der Waals surface area (Å²) in [6.07, 6.45) is 27.0. The third kappa shape index (κ3) is 2.99. The van der Waals surface area contributed by atoms with Crippen molar-refractivity contribution in [3.8, 4) is 0 Å². The highest BCUT2D eigenvalue weighted by molar-refractivity contribution is 4.96. The molecular weight excluding hydrogens is 288 g/mol. The molecule has 3 atom stereocenters. The van der Waals surface area contributed by atoms with Crippen LogP contribution in [0.4, 0.5) is 0 Å². The quantitative estimate of drug-likeness (QED) is 0.507. The van der Waals surface area contributed by atoms with Gasteiger partial charge in [0, 0.05) is 0 Å². The van der Waals surface area contributed by atoms with E-state index in [0.29, 0.717) is 0 Å². The largest absolute Gasteiger partial charge is 0.0530 e. The lowest BCUT2D eigenvalue weighted by Gasteiger charge is -2.51. The van der Waals surface area contributed by atoms with Gasteiger partial charge in [-0.2, -0.15) is 0 Å². The van der Waals surface area contributed by atoms with Crippen LogP contribution in [0.25, 0.3) is 0 Å². The van der Waals surface area contributed by atoms with Crippen LogP contribution in [0.2, 0.25) is 0 Å². The fourth-order valence-electron chi connectivity index (χ4n) is 7.88. The zero-order valence-corrected chi connectivity index (χ0v) is 16.0. The molecule has 0 aliphatic heterocycles. The second-order valence-electron chi connectivity index (χ2n) is 10.9. The first kappa shape index (κ1) is 16.2. The summed E-state index contributed by atoms with van der Waals surface area (Å²) in [6, 6.07) is 0. The van der Waals surface area contributed by atoms with Gasteiger partial charge in [0.2, 0.25) is 0 Å². The molecule has 0 aromatic heterocycles. The van der Waals surface area contributed by atoms with E-state index in [0.717, 1.165) is 29.1 Å². The van der Waals surface area contributed by atoms with Gasteiger partial charge in [0.15, 0.2) is 0 Å². The van der Waals surface area contributed by atoms with E-state index in [1.54, 1.807) is 103 Å². The molecule has 5 aliphatic carbocycles. The Morgan fingerprint density at radius 1 is 0.583 bits per heavy atom. The lowest BCUT2D eigenvalue weighted by Crippen LogP contribution is -2.41. The minimum Gasteiger partial charge on any atom is -0.0530 e. The monoisotopic (exact) mass is 328 g/mol. The third-order valence-electron chi connectivity index (χ3n) is 9.89. The van der Waals surface area contributed by atoms with E-state index < -0.39 is 0 Å². The molecule has 24 heavy (non-hydrogen) atoms. The first-order valence-corrected chi connectivity index (χ1v) is 11.8. The van der Waals surface area contributed by atoms with Gasteiger partial charge in [-0.3, -0.25) is 0 Å². The minimum atomic E-state index is 0.823. The fourth-order valence-corrected chi connectivity index (χ4v) is 7.88. The molecule has 0 bridgehead atoms. The molecule has 5 aliphatic rings. The van der Waals surface area contributed by atoms with Gasteiger partial charge in [-0.1, -0.05) is 38.5 Å². The molecule has 2 unspecified atom stereocenters. The molecule has 0 aromatic rings. The van der Waals surface area contributed by atoms with Crippen LogP contribution in [0.3, 0.4) is 0 Å². The average Bonchev–Trinajstić information content (AvgIpc) is 2.55.